The molecule has 0 saturated heterocycles. The number of aromatic nitrogens is 2. The Morgan fingerprint density at radius 3 is 2.61 bits per heavy atom. The SMILES string of the molecule is CCOc1ccc2cccnc2c1S(=O)(=O)Nc1ccccc1C#Cc1cccnc1. The Hall–Kier alpha value is -3.89. The van der Waals surface area contributed by atoms with E-state index in [2.05, 4.69) is 26.5 Å². The van der Waals surface area contributed by atoms with Crippen LogP contribution in [-0.2, 0) is 10.0 Å². The fourth-order valence-electron chi connectivity index (χ4n) is 3.08. The van der Waals surface area contributed by atoms with Gasteiger partial charge in [0, 0.05) is 35.1 Å². The van der Waals surface area contributed by atoms with E-state index >= 15 is 0 Å². The molecule has 0 saturated carbocycles. The zero-order valence-electron chi connectivity index (χ0n) is 16.7. The summed E-state index contributed by atoms with van der Waals surface area (Å²) in [6.45, 7) is 2.13. The molecule has 7 heteroatoms. The summed E-state index contributed by atoms with van der Waals surface area (Å²) in [5, 5.41) is 0.705. The molecule has 0 unspecified atom stereocenters. The molecule has 31 heavy (non-hydrogen) atoms. The number of rotatable bonds is 5. The molecule has 2 heterocycles. The molecular weight excluding hydrogens is 410 g/mol. The predicted octanol–water partition coefficient (Wildman–Crippen LogP) is 4.23. The Morgan fingerprint density at radius 2 is 1.81 bits per heavy atom. The molecule has 154 valence electrons. The third-order valence-corrected chi connectivity index (χ3v) is 5.86. The Labute approximate surface area is 181 Å². The standard InChI is InChI=1S/C24H19N3O3S/c1-2-30-22-14-13-20-9-6-16-26-23(20)24(22)31(28,29)27-21-10-4-3-8-19(21)12-11-18-7-5-15-25-17-18/h3-10,13-17,27H,2H2,1H3. The molecule has 2 aromatic carbocycles. The Morgan fingerprint density at radius 1 is 0.968 bits per heavy atom. The first kappa shape index (κ1) is 20.4. The number of fused-ring (bicyclic) bond motifs is 1. The zero-order valence-corrected chi connectivity index (χ0v) is 17.6. The first-order valence-corrected chi connectivity index (χ1v) is 11.1. The zero-order chi connectivity index (χ0) is 21.7. The van der Waals surface area contributed by atoms with Gasteiger partial charge in [-0.05, 0) is 49.4 Å². The van der Waals surface area contributed by atoms with Crippen molar-refractivity contribution in [2.24, 2.45) is 0 Å². The Bertz CT molecular complexity index is 1390. The highest BCUT2D eigenvalue weighted by Gasteiger charge is 2.25. The maximum absolute atomic E-state index is 13.4. The van der Waals surface area contributed by atoms with E-state index in [4.69, 9.17) is 4.74 Å². The first-order chi connectivity index (χ1) is 15.1. The average Bonchev–Trinajstić information content (AvgIpc) is 2.79. The van der Waals surface area contributed by atoms with Gasteiger partial charge in [0.15, 0.2) is 4.90 Å². The number of nitrogens with one attached hydrogen (secondary N) is 1. The number of hydrogen-bond donors (Lipinski definition) is 1. The van der Waals surface area contributed by atoms with Crippen LogP contribution < -0.4 is 9.46 Å². The molecule has 0 aliphatic heterocycles. The van der Waals surface area contributed by atoms with Crippen molar-refractivity contribution < 1.29 is 13.2 Å². The molecule has 0 amide bonds. The summed E-state index contributed by atoms with van der Waals surface area (Å²) in [5.74, 6) is 6.27. The van der Waals surface area contributed by atoms with Crippen molar-refractivity contribution in [3.8, 4) is 17.6 Å². The highest BCUT2D eigenvalue weighted by molar-refractivity contribution is 7.93. The Kier molecular flexibility index (Phi) is 5.83. The average molecular weight is 430 g/mol. The van der Waals surface area contributed by atoms with Gasteiger partial charge < -0.3 is 4.74 Å². The van der Waals surface area contributed by atoms with Gasteiger partial charge in [0.05, 0.1) is 17.8 Å². The lowest BCUT2D eigenvalue weighted by molar-refractivity contribution is 0.332. The van der Waals surface area contributed by atoms with E-state index in [0.717, 1.165) is 5.56 Å². The van der Waals surface area contributed by atoms with Crippen LogP contribution in [0.3, 0.4) is 0 Å². The monoisotopic (exact) mass is 429 g/mol. The number of benzene rings is 2. The van der Waals surface area contributed by atoms with Gasteiger partial charge in [0.1, 0.15) is 5.75 Å². The summed E-state index contributed by atoms with van der Waals surface area (Å²) in [7, 11) is -4.02. The lowest BCUT2D eigenvalue weighted by Gasteiger charge is -2.15. The summed E-state index contributed by atoms with van der Waals surface area (Å²) in [6.07, 6.45) is 4.88. The van der Waals surface area contributed by atoms with Gasteiger partial charge in [-0.2, -0.15) is 0 Å². The number of nitrogens with zero attached hydrogens (tertiary/aromatic N) is 2. The summed E-state index contributed by atoms with van der Waals surface area (Å²) < 4.78 is 35.2. The molecule has 0 aliphatic carbocycles. The third-order valence-electron chi connectivity index (χ3n) is 4.44. The largest absolute Gasteiger partial charge is 0.492 e. The second kappa shape index (κ2) is 8.86. The number of hydrogen-bond acceptors (Lipinski definition) is 5. The molecular formula is C24H19N3O3S. The fourth-order valence-corrected chi connectivity index (χ4v) is 4.47. The molecule has 0 radical (unpaired) electrons. The lowest BCUT2D eigenvalue weighted by Crippen LogP contribution is -2.16. The van der Waals surface area contributed by atoms with E-state index < -0.39 is 10.0 Å². The third kappa shape index (κ3) is 4.49. The number of sulfonamides is 1. The minimum atomic E-state index is -4.02. The maximum atomic E-state index is 13.4. The van der Waals surface area contributed by atoms with Crippen LogP contribution in [0.25, 0.3) is 10.9 Å². The van der Waals surface area contributed by atoms with Crippen LogP contribution in [0.5, 0.6) is 5.75 Å². The second-order valence-corrected chi connectivity index (χ2v) is 8.16. The molecule has 0 aliphatic rings. The van der Waals surface area contributed by atoms with Crippen LogP contribution >= 0.6 is 0 Å². The van der Waals surface area contributed by atoms with Crippen molar-refractivity contribution in [2.75, 3.05) is 11.3 Å². The van der Waals surface area contributed by atoms with Gasteiger partial charge in [-0.25, -0.2) is 8.42 Å². The predicted molar refractivity (Wildman–Crippen MR) is 120 cm³/mol. The summed E-state index contributed by atoms with van der Waals surface area (Å²) in [5.41, 5.74) is 1.99. The summed E-state index contributed by atoms with van der Waals surface area (Å²) in [6, 6.07) is 17.6. The van der Waals surface area contributed by atoms with E-state index in [9.17, 15) is 8.42 Å². The Balaban J connectivity index is 1.78. The van der Waals surface area contributed by atoms with Gasteiger partial charge in [-0.1, -0.05) is 30.0 Å². The molecule has 0 bridgehead atoms. The van der Waals surface area contributed by atoms with Gasteiger partial charge in [0.2, 0.25) is 0 Å². The number of anilines is 1. The van der Waals surface area contributed by atoms with Gasteiger partial charge in [-0.3, -0.25) is 14.7 Å². The van der Waals surface area contributed by atoms with Crippen molar-refractivity contribution in [3.63, 3.8) is 0 Å². The molecule has 2 aromatic heterocycles. The molecule has 4 rings (SSSR count). The summed E-state index contributed by atoms with van der Waals surface area (Å²) in [4.78, 5) is 8.34. The summed E-state index contributed by atoms with van der Waals surface area (Å²) >= 11 is 0. The smallest absolute Gasteiger partial charge is 0.267 e. The highest BCUT2D eigenvalue weighted by Crippen LogP contribution is 2.33. The quantitative estimate of drug-likeness (QED) is 0.480. The van der Waals surface area contributed by atoms with Crippen LogP contribution in [0.1, 0.15) is 18.1 Å². The van der Waals surface area contributed by atoms with Crippen LogP contribution in [0.2, 0.25) is 0 Å². The van der Waals surface area contributed by atoms with Crippen molar-refractivity contribution in [1.82, 2.24) is 9.97 Å². The first-order valence-electron chi connectivity index (χ1n) is 9.63. The molecule has 0 atom stereocenters. The molecule has 0 fully saturated rings. The van der Waals surface area contributed by atoms with Crippen LogP contribution in [0.15, 0.2) is 84.1 Å². The minimum absolute atomic E-state index is 0.00229. The van der Waals surface area contributed by atoms with Crippen molar-refractivity contribution >= 4 is 26.6 Å². The molecule has 4 aromatic rings. The van der Waals surface area contributed by atoms with Crippen LogP contribution in [0, 0.1) is 11.8 Å². The highest BCUT2D eigenvalue weighted by atomic mass is 32.2. The maximum Gasteiger partial charge on any atom is 0.267 e. The van der Waals surface area contributed by atoms with E-state index in [0.29, 0.717) is 28.8 Å². The fraction of sp³-hybridized carbons (Fsp3) is 0.0833. The van der Waals surface area contributed by atoms with E-state index in [-0.39, 0.29) is 10.6 Å². The van der Waals surface area contributed by atoms with Gasteiger partial charge >= 0.3 is 0 Å². The van der Waals surface area contributed by atoms with Crippen molar-refractivity contribution in [2.45, 2.75) is 11.8 Å². The van der Waals surface area contributed by atoms with Crippen LogP contribution in [0.4, 0.5) is 5.69 Å². The van der Waals surface area contributed by atoms with Gasteiger partial charge in [0.25, 0.3) is 10.0 Å². The minimum Gasteiger partial charge on any atom is -0.492 e. The van der Waals surface area contributed by atoms with Crippen LogP contribution in [-0.4, -0.2) is 25.0 Å². The van der Waals surface area contributed by atoms with E-state index in [1.807, 2.05) is 12.1 Å². The number of para-hydroxylation sites is 1. The topological polar surface area (TPSA) is 81.2 Å². The second-order valence-electron chi connectivity index (χ2n) is 6.54. The molecule has 0 spiro atoms. The van der Waals surface area contributed by atoms with E-state index in [1.165, 1.54) is 0 Å². The van der Waals surface area contributed by atoms with E-state index in [1.54, 1.807) is 74.0 Å². The number of pyridine rings is 2. The lowest BCUT2D eigenvalue weighted by atomic mass is 10.2. The molecule has 1 N–H and O–H groups in total. The van der Waals surface area contributed by atoms with Gasteiger partial charge in [-0.15, -0.1) is 0 Å². The van der Waals surface area contributed by atoms with Crippen molar-refractivity contribution in [3.05, 3.63) is 90.4 Å². The molecule has 6 nitrogen and oxygen atoms in total. The van der Waals surface area contributed by atoms with Crippen molar-refractivity contribution in [1.29, 1.82) is 0 Å². The number of ether oxygens (including phenoxy) is 1. The normalized spacial score (nSPS) is 10.9.